The van der Waals surface area contributed by atoms with E-state index in [1.165, 1.54) is 24.0 Å². The summed E-state index contributed by atoms with van der Waals surface area (Å²) in [6.45, 7) is 12.8. The molecule has 2 unspecified atom stereocenters. The molecule has 2 atom stereocenters. The van der Waals surface area contributed by atoms with E-state index in [9.17, 15) is 0 Å². The Balaban J connectivity index is 2.20. The van der Waals surface area contributed by atoms with Crippen molar-refractivity contribution in [2.24, 2.45) is 5.92 Å². The molecule has 2 rings (SSSR count). The van der Waals surface area contributed by atoms with Crippen LogP contribution < -0.4 is 5.32 Å². The molecular formula is C19H31NO. The second kappa shape index (κ2) is 6.93. The molecule has 0 radical (unpaired) electrons. The number of nitrogens with one attached hydrogen (secondary N) is 1. The van der Waals surface area contributed by atoms with E-state index in [1.807, 2.05) is 0 Å². The predicted octanol–water partition coefficient (Wildman–Crippen LogP) is 4.45. The lowest BCUT2D eigenvalue weighted by Crippen LogP contribution is -2.35. The van der Waals surface area contributed by atoms with Crippen LogP contribution in [-0.2, 0) is 10.2 Å². The topological polar surface area (TPSA) is 21.3 Å². The Morgan fingerprint density at radius 1 is 1.14 bits per heavy atom. The minimum Gasteiger partial charge on any atom is -0.376 e. The monoisotopic (exact) mass is 289 g/mol. The zero-order valence-electron chi connectivity index (χ0n) is 14.3. The highest BCUT2D eigenvalue weighted by Gasteiger charge is 2.37. The lowest BCUT2D eigenvalue weighted by molar-refractivity contribution is 0.0189. The van der Waals surface area contributed by atoms with E-state index in [0.717, 1.165) is 19.1 Å². The van der Waals surface area contributed by atoms with E-state index >= 15 is 0 Å². The molecule has 1 fully saturated rings. The van der Waals surface area contributed by atoms with Gasteiger partial charge in [-0.25, -0.2) is 0 Å². The highest BCUT2D eigenvalue weighted by atomic mass is 16.5. The van der Waals surface area contributed by atoms with Crippen molar-refractivity contribution in [1.82, 2.24) is 5.32 Å². The van der Waals surface area contributed by atoms with Crippen molar-refractivity contribution in [2.45, 2.75) is 65.0 Å². The van der Waals surface area contributed by atoms with Gasteiger partial charge in [0.25, 0.3) is 0 Å². The van der Waals surface area contributed by atoms with Crippen molar-refractivity contribution in [3.05, 3.63) is 35.4 Å². The van der Waals surface area contributed by atoms with Gasteiger partial charge in [0.1, 0.15) is 0 Å². The minimum absolute atomic E-state index is 0.210. The van der Waals surface area contributed by atoms with Crippen LogP contribution in [0.25, 0.3) is 0 Å². The summed E-state index contributed by atoms with van der Waals surface area (Å²) in [7, 11) is 0. The summed E-state index contributed by atoms with van der Waals surface area (Å²) >= 11 is 0. The van der Waals surface area contributed by atoms with Crippen LogP contribution in [0.2, 0.25) is 0 Å². The molecule has 1 aromatic carbocycles. The largest absolute Gasteiger partial charge is 0.376 e. The molecule has 1 N–H and O–H groups in total. The molecule has 1 aromatic rings. The molecule has 0 aromatic heterocycles. The second-order valence-corrected chi connectivity index (χ2v) is 7.16. The molecule has 21 heavy (non-hydrogen) atoms. The summed E-state index contributed by atoms with van der Waals surface area (Å²) in [5.74, 6) is 0.733. The van der Waals surface area contributed by atoms with Gasteiger partial charge in [-0.1, -0.05) is 52.0 Å². The number of ether oxygens (including phenoxy) is 1. The quantitative estimate of drug-likeness (QED) is 0.800. The van der Waals surface area contributed by atoms with E-state index in [0.29, 0.717) is 12.1 Å². The van der Waals surface area contributed by atoms with Crippen LogP contribution in [0.1, 0.15) is 64.6 Å². The van der Waals surface area contributed by atoms with Crippen LogP contribution in [-0.4, -0.2) is 19.3 Å². The smallest absolute Gasteiger partial charge is 0.0797 e. The highest BCUT2D eigenvalue weighted by molar-refractivity contribution is 5.30. The first kappa shape index (κ1) is 16.5. The van der Waals surface area contributed by atoms with Crippen LogP contribution in [0.4, 0.5) is 0 Å². The first-order chi connectivity index (χ1) is 9.97. The maximum absolute atomic E-state index is 6.07. The van der Waals surface area contributed by atoms with Crippen LogP contribution in [0.3, 0.4) is 0 Å². The Hall–Kier alpha value is -0.860. The van der Waals surface area contributed by atoms with Gasteiger partial charge in [-0.2, -0.15) is 0 Å². The van der Waals surface area contributed by atoms with E-state index in [2.05, 4.69) is 64.2 Å². The normalized spacial score (nSPS) is 18.5. The molecular weight excluding hydrogens is 258 g/mol. The molecule has 0 spiro atoms. The molecule has 0 bridgehead atoms. The van der Waals surface area contributed by atoms with Crippen molar-refractivity contribution in [1.29, 1.82) is 0 Å². The zero-order chi connectivity index (χ0) is 15.5. The molecule has 118 valence electrons. The summed E-state index contributed by atoms with van der Waals surface area (Å²) in [5.41, 5.74) is 2.96. The number of benzene rings is 1. The average molecular weight is 289 g/mol. The Morgan fingerprint density at radius 2 is 1.76 bits per heavy atom. The molecule has 2 heteroatoms. The highest BCUT2D eigenvalue weighted by Crippen LogP contribution is 2.40. The summed E-state index contributed by atoms with van der Waals surface area (Å²) in [6, 6.07) is 9.42. The number of hydrogen-bond donors (Lipinski definition) is 1. The average Bonchev–Trinajstić information content (AvgIpc) is 3.26. The minimum atomic E-state index is 0.210. The maximum Gasteiger partial charge on any atom is 0.0797 e. The summed E-state index contributed by atoms with van der Waals surface area (Å²) < 4.78 is 6.07. The summed E-state index contributed by atoms with van der Waals surface area (Å²) in [6.07, 6.45) is 2.94. The SMILES string of the molecule is CCNC(c1ccc(C(C)(C)C)cc1)C(OCC)C1CC1. The van der Waals surface area contributed by atoms with Crippen LogP contribution in [0, 0.1) is 5.92 Å². The third-order valence-corrected chi connectivity index (χ3v) is 4.33. The Labute approximate surface area is 130 Å². The van der Waals surface area contributed by atoms with Crippen molar-refractivity contribution < 1.29 is 4.74 Å². The van der Waals surface area contributed by atoms with Gasteiger partial charge < -0.3 is 10.1 Å². The molecule has 0 amide bonds. The van der Waals surface area contributed by atoms with Crippen LogP contribution in [0.15, 0.2) is 24.3 Å². The third kappa shape index (κ3) is 4.31. The van der Waals surface area contributed by atoms with Gasteiger partial charge in [0.15, 0.2) is 0 Å². The third-order valence-electron chi connectivity index (χ3n) is 4.33. The van der Waals surface area contributed by atoms with Gasteiger partial charge in [-0.3, -0.25) is 0 Å². The number of hydrogen-bond acceptors (Lipinski definition) is 2. The Kier molecular flexibility index (Phi) is 5.45. The van der Waals surface area contributed by atoms with Crippen molar-refractivity contribution in [3.8, 4) is 0 Å². The van der Waals surface area contributed by atoms with Crippen molar-refractivity contribution in [3.63, 3.8) is 0 Å². The lowest BCUT2D eigenvalue weighted by atomic mass is 9.85. The first-order valence-electron chi connectivity index (χ1n) is 8.42. The van der Waals surface area contributed by atoms with Gasteiger partial charge in [-0.05, 0) is 48.8 Å². The molecule has 0 aliphatic heterocycles. The molecule has 2 nitrogen and oxygen atoms in total. The van der Waals surface area contributed by atoms with Crippen molar-refractivity contribution in [2.75, 3.05) is 13.2 Å². The fourth-order valence-corrected chi connectivity index (χ4v) is 2.96. The van der Waals surface area contributed by atoms with Crippen LogP contribution >= 0.6 is 0 Å². The zero-order valence-corrected chi connectivity index (χ0v) is 14.3. The fourth-order valence-electron chi connectivity index (χ4n) is 2.96. The van der Waals surface area contributed by atoms with Gasteiger partial charge in [0.2, 0.25) is 0 Å². The van der Waals surface area contributed by atoms with E-state index < -0.39 is 0 Å². The lowest BCUT2D eigenvalue weighted by Gasteiger charge is -2.29. The van der Waals surface area contributed by atoms with E-state index in [4.69, 9.17) is 4.74 Å². The van der Waals surface area contributed by atoms with E-state index in [1.54, 1.807) is 0 Å². The Bertz CT molecular complexity index is 428. The predicted molar refractivity (Wildman–Crippen MR) is 89.7 cm³/mol. The second-order valence-electron chi connectivity index (χ2n) is 7.16. The fraction of sp³-hybridized carbons (Fsp3) is 0.684. The molecule has 0 heterocycles. The Morgan fingerprint density at radius 3 is 2.19 bits per heavy atom. The molecule has 0 saturated heterocycles. The molecule has 1 aliphatic rings. The summed E-state index contributed by atoms with van der Waals surface area (Å²) in [5, 5.41) is 3.64. The number of rotatable bonds is 7. The van der Waals surface area contributed by atoms with Gasteiger partial charge in [0.05, 0.1) is 12.1 Å². The maximum atomic E-state index is 6.07. The first-order valence-corrected chi connectivity index (χ1v) is 8.42. The van der Waals surface area contributed by atoms with Gasteiger partial charge >= 0.3 is 0 Å². The number of likely N-dealkylation sites (N-methyl/N-ethyl adjacent to an activating group) is 1. The van der Waals surface area contributed by atoms with Crippen LogP contribution in [0.5, 0.6) is 0 Å². The van der Waals surface area contributed by atoms with Crippen molar-refractivity contribution >= 4 is 0 Å². The van der Waals surface area contributed by atoms with E-state index in [-0.39, 0.29) is 5.41 Å². The standard InChI is InChI=1S/C19H31NO/c1-6-20-17(18(21-7-2)15-8-9-15)14-10-12-16(13-11-14)19(3,4)5/h10-13,15,17-18,20H,6-9H2,1-5H3. The van der Waals surface area contributed by atoms with Gasteiger partial charge in [-0.15, -0.1) is 0 Å². The summed E-state index contributed by atoms with van der Waals surface area (Å²) in [4.78, 5) is 0. The van der Waals surface area contributed by atoms with Gasteiger partial charge in [0, 0.05) is 6.61 Å². The molecule has 1 saturated carbocycles. The molecule has 1 aliphatic carbocycles.